The Morgan fingerprint density at radius 1 is 0.565 bits per heavy atom. The summed E-state index contributed by atoms with van der Waals surface area (Å²) in [5, 5.41) is 0. The molecule has 2 aliphatic rings. The maximum Gasteiger partial charge on any atom is 0.00844 e. The molecule has 2 unspecified atom stereocenters. The van der Waals surface area contributed by atoms with E-state index in [0.717, 1.165) is 30.4 Å². The molecule has 6 aromatic carbocycles. The van der Waals surface area contributed by atoms with Crippen molar-refractivity contribution in [3.05, 3.63) is 269 Å². The third-order valence-corrected chi connectivity index (χ3v) is 11.9. The molecule has 0 aliphatic heterocycles. The average Bonchev–Trinajstić information content (AvgIpc) is 3.39. The summed E-state index contributed by atoms with van der Waals surface area (Å²) < 4.78 is 0. The van der Waals surface area contributed by atoms with E-state index in [2.05, 4.69) is 238 Å². The second-order valence-corrected chi connectivity index (χ2v) is 17.1. The first kappa shape index (κ1) is 58.6. The molecule has 8 rings (SSSR count). The predicted molar refractivity (Wildman–Crippen MR) is 313 cm³/mol. The van der Waals surface area contributed by atoms with Crippen LogP contribution in [0.2, 0.25) is 0 Å². The Balaban J connectivity index is 0.000000335. The summed E-state index contributed by atoms with van der Waals surface area (Å²) in [5.41, 5.74) is 21.1. The van der Waals surface area contributed by atoms with Crippen molar-refractivity contribution >= 4 is 16.7 Å². The zero-order valence-electron chi connectivity index (χ0n) is 45.2. The SMILES string of the molecule is C=C(C)/C(Cc1ccccc1C1C=CC(C)=CC1C)=C(\C)c1ccccc1.C=C(C)c1ccccc1.CC.CC.CC.Cc1cccc(-c2cccc(C3=CC=CCC3)c2)c1.Cc1ccccc1C. The fraction of sp³-hybridized carbons (Fsp3) is 0.275. The first-order valence-electron chi connectivity index (χ1n) is 25.5. The second kappa shape index (κ2) is 33.1. The van der Waals surface area contributed by atoms with Crippen LogP contribution < -0.4 is 0 Å². The van der Waals surface area contributed by atoms with E-state index >= 15 is 0 Å². The zero-order chi connectivity index (χ0) is 51.1. The van der Waals surface area contributed by atoms with Crippen molar-refractivity contribution in [3.63, 3.8) is 0 Å². The maximum atomic E-state index is 4.28. The van der Waals surface area contributed by atoms with Crippen molar-refractivity contribution in [1.82, 2.24) is 0 Å². The first-order valence-corrected chi connectivity index (χ1v) is 25.5. The van der Waals surface area contributed by atoms with Gasteiger partial charge in [0.05, 0.1) is 0 Å². The molecule has 0 heteroatoms. The normalized spacial score (nSPS) is 14.3. The van der Waals surface area contributed by atoms with Gasteiger partial charge in [0.1, 0.15) is 0 Å². The van der Waals surface area contributed by atoms with Crippen LogP contribution in [-0.2, 0) is 6.42 Å². The lowest BCUT2D eigenvalue weighted by Gasteiger charge is -2.26. The molecule has 0 radical (unpaired) electrons. The Kier molecular flexibility index (Phi) is 28.1. The van der Waals surface area contributed by atoms with Crippen molar-refractivity contribution in [2.24, 2.45) is 5.92 Å². The summed E-state index contributed by atoms with van der Waals surface area (Å²) in [6, 6.07) is 55.6. The minimum Gasteiger partial charge on any atom is -0.0958 e. The molecule has 6 aromatic rings. The molecule has 0 saturated heterocycles. The third-order valence-electron chi connectivity index (χ3n) is 11.9. The highest BCUT2D eigenvalue weighted by atomic mass is 14.3. The van der Waals surface area contributed by atoms with E-state index in [-0.39, 0.29) is 0 Å². The van der Waals surface area contributed by atoms with Crippen LogP contribution >= 0.6 is 0 Å². The van der Waals surface area contributed by atoms with Crippen LogP contribution in [0.5, 0.6) is 0 Å². The summed E-state index contributed by atoms with van der Waals surface area (Å²) in [5.74, 6) is 0.955. The van der Waals surface area contributed by atoms with Gasteiger partial charge in [0.15, 0.2) is 0 Å². The van der Waals surface area contributed by atoms with Gasteiger partial charge < -0.3 is 0 Å². The van der Waals surface area contributed by atoms with Gasteiger partial charge in [-0.1, -0.05) is 272 Å². The molecular formula is C69H86. The number of hydrogen-bond acceptors (Lipinski definition) is 0. The number of benzene rings is 6. The Morgan fingerprint density at radius 2 is 1.09 bits per heavy atom. The first-order chi connectivity index (χ1) is 33.4. The van der Waals surface area contributed by atoms with Crippen LogP contribution in [0.4, 0.5) is 0 Å². The topological polar surface area (TPSA) is 0 Å². The molecule has 0 spiro atoms. The minimum atomic E-state index is 0.438. The molecule has 2 aliphatic carbocycles. The summed E-state index contributed by atoms with van der Waals surface area (Å²) in [6.07, 6.45) is 16.9. The quantitative estimate of drug-likeness (QED) is 0.134. The van der Waals surface area contributed by atoms with Crippen LogP contribution in [0.15, 0.2) is 224 Å². The molecule has 69 heavy (non-hydrogen) atoms. The molecule has 2 atom stereocenters. The van der Waals surface area contributed by atoms with Gasteiger partial charge in [0.25, 0.3) is 0 Å². The van der Waals surface area contributed by atoms with Gasteiger partial charge in [-0.05, 0) is 147 Å². The number of aryl methyl sites for hydroxylation is 3. The fourth-order valence-corrected chi connectivity index (χ4v) is 8.02. The molecule has 0 fully saturated rings. The Labute approximate surface area is 422 Å². The highest BCUT2D eigenvalue weighted by Crippen LogP contribution is 2.36. The fourth-order valence-electron chi connectivity index (χ4n) is 8.02. The molecule has 0 saturated carbocycles. The van der Waals surface area contributed by atoms with Gasteiger partial charge in [-0.15, -0.1) is 0 Å². The Morgan fingerprint density at radius 3 is 1.59 bits per heavy atom. The summed E-state index contributed by atoms with van der Waals surface area (Å²) in [7, 11) is 0. The van der Waals surface area contributed by atoms with Gasteiger partial charge in [0.2, 0.25) is 0 Å². The zero-order valence-corrected chi connectivity index (χ0v) is 45.2. The van der Waals surface area contributed by atoms with E-state index in [9.17, 15) is 0 Å². The van der Waals surface area contributed by atoms with Crippen LogP contribution in [0.25, 0.3) is 27.8 Å². The number of allylic oxidation sites excluding steroid dienone is 12. The van der Waals surface area contributed by atoms with Gasteiger partial charge in [-0.2, -0.15) is 0 Å². The van der Waals surface area contributed by atoms with Gasteiger partial charge in [-0.25, -0.2) is 0 Å². The predicted octanol–water partition coefficient (Wildman–Crippen LogP) is 21.0. The van der Waals surface area contributed by atoms with Crippen LogP contribution in [0.3, 0.4) is 0 Å². The van der Waals surface area contributed by atoms with Crippen molar-refractivity contribution in [2.45, 2.75) is 122 Å². The molecule has 0 amide bonds. The summed E-state index contributed by atoms with van der Waals surface area (Å²) >= 11 is 0. The summed E-state index contributed by atoms with van der Waals surface area (Å²) in [4.78, 5) is 0. The number of rotatable bonds is 8. The molecule has 0 heterocycles. The van der Waals surface area contributed by atoms with Crippen molar-refractivity contribution in [2.75, 3.05) is 0 Å². The van der Waals surface area contributed by atoms with Gasteiger partial charge >= 0.3 is 0 Å². The molecule has 0 aromatic heterocycles. The lowest BCUT2D eigenvalue weighted by molar-refractivity contribution is 0.625. The van der Waals surface area contributed by atoms with E-state index in [1.165, 1.54) is 77.9 Å². The van der Waals surface area contributed by atoms with E-state index in [4.69, 9.17) is 0 Å². The average molecular weight is 915 g/mol. The highest BCUT2D eigenvalue weighted by Gasteiger charge is 2.21. The minimum absolute atomic E-state index is 0.438. The van der Waals surface area contributed by atoms with Crippen molar-refractivity contribution in [1.29, 1.82) is 0 Å². The third kappa shape index (κ3) is 19.9. The Hall–Kier alpha value is -6.50. The van der Waals surface area contributed by atoms with E-state index in [1.54, 1.807) is 0 Å². The molecule has 0 bridgehead atoms. The Bertz CT molecular complexity index is 2560. The van der Waals surface area contributed by atoms with Gasteiger partial charge in [0, 0.05) is 5.92 Å². The van der Waals surface area contributed by atoms with E-state index < -0.39 is 0 Å². The summed E-state index contributed by atoms with van der Waals surface area (Å²) in [6.45, 7) is 37.3. The lowest BCUT2D eigenvalue weighted by atomic mass is 9.79. The van der Waals surface area contributed by atoms with Crippen molar-refractivity contribution < 1.29 is 0 Å². The van der Waals surface area contributed by atoms with Crippen LogP contribution in [-0.4, -0.2) is 0 Å². The molecular weight excluding hydrogens is 829 g/mol. The van der Waals surface area contributed by atoms with Crippen LogP contribution in [0.1, 0.15) is 139 Å². The number of hydrogen-bond donors (Lipinski definition) is 0. The second-order valence-electron chi connectivity index (χ2n) is 17.1. The highest BCUT2D eigenvalue weighted by molar-refractivity contribution is 5.74. The molecule has 0 nitrogen and oxygen atoms in total. The molecule has 362 valence electrons. The smallest absolute Gasteiger partial charge is 0.00844 e. The lowest BCUT2D eigenvalue weighted by Crippen LogP contribution is -2.11. The van der Waals surface area contributed by atoms with E-state index in [1.807, 2.05) is 66.7 Å². The maximum absolute atomic E-state index is 4.28. The van der Waals surface area contributed by atoms with Gasteiger partial charge in [-0.3, -0.25) is 0 Å². The van der Waals surface area contributed by atoms with Crippen molar-refractivity contribution in [3.8, 4) is 11.1 Å². The van der Waals surface area contributed by atoms with Crippen LogP contribution in [0, 0.1) is 26.7 Å². The monoisotopic (exact) mass is 915 g/mol. The largest absolute Gasteiger partial charge is 0.0958 e. The van der Waals surface area contributed by atoms with E-state index in [0.29, 0.717) is 11.8 Å². The standard InChI is InChI=1S/C27H30.C19H18.C9H10.C8H10.3C2H6/c1-19(2)27(22(5)23-11-7-6-8-12-23)18-24-13-9-10-14-26(24)25-16-15-20(3)17-21(25)4;1-15-7-5-10-17(13-15)19-12-6-11-18(14-19)16-8-3-2-4-9-16;1-8(2)9-6-4-3-5-7-9;1-7-5-3-4-6-8(7)2;3*1-2/h6-17,21,25H,1,18H2,2-5H3;2-3,5-8,10-14H,4,9H2,1H3;3-7H,1H2,2H3;3-6H,1-2H3;3*1-2H3/b27-22+;;;;;;. The molecule has 0 N–H and O–H groups in total.